The zero-order valence-corrected chi connectivity index (χ0v) is 13.7. The molecule has 2 N–H and O–H groups in total. The largest absolute Gasteiger partial charge is 0.466 e. The SMILES string of the molecule is COC(=O)/C=C(\C)CC[C@@H]1O[C@@]1(C)CC[C@H](O)C(C)(C)O. The van der Waals surface area contributed by atoms with E-state index in [4.69, 9.17) is 4.74 Å². The zero-order valence-electron chi connectivity index (χ0n) is 13.7. The second-order valence-electron chi connectivity index (χ2n) is 6.68. The van der Waals surface area contributed by atoms with Crippen LogP contribution in [0.25, 0.3) is 0 Å². The van der Waals surface area contributed by atoms with Gasteiger partial charge in [-0.2, -0.15) is 0 Å². The van der Waals surface area contributed by atoms with Crippen molar-refractivity contribution in [2.75, 3.05) is 7.11 Å². The lowest BCUT2D eigenvalue weighted by molar-refractivity contribution is -0.134. The van der Waals surface area contributed by atoms with E-state index in [1.807, 2.05) is 13.8 Å². The standard InChI is InChI=1S/C16H28O5/c1-11(10-14(18)20-5)6-7-13-16(4,21-13)9-8-12(17)15(2,3)19/h10,12-13,17,19H,6-9H2,1-5H3/b11-10+/t12-,13-,16-/m0/s1. The quantitative estimate of drug-likeness (QED) is 0.407. The van der Waals surface area contributed by atoms with E-state index in [0.29, 0.717) is 12.8 Å². The van der Waals surface area contributed by atoms with Gasteiger partial charge in [0.2, 0.25) is 0 Å². The third kappa shape index (κ3) is 5.77. The molecule has 0 aromatic carbocycles. The molecule has 1 aliphatic rings. The highest BCUT2D eigenvalue weighted by Crippen LogP contribution is 2.44. The van der Waals surface area contributed by atoms with Gasteiger partial charge in [0.1, 0.15) is 0 Å². The number of allylic oxidation sites excluding steroid dienone is 1. The van der Waals surface area contributed by atoms with Crippen LogP contribution in [0.15, 0.2) is 11.6 Å². The van der Waals surface area contributed by atoms with Gasteiger partial charge in [-0.1, -0.05) is 5.57 Å². The predicted molar refractivity (Wildman–Crippen MR) is 79.8 cm³/mol. The van der Waals surface area contributed by atoms with Crippen LogP contribution in [0, 0.1) is 0 Å². The molecule has 5 nitrogen and oxygen atoms in total. The fourth-order valence-electron chi connectivity index (χ4n) is 2.34. The van der Waals surface area contributed by atoms with Gasteiger partial charge in [-0.3, -0.25) is 0 Å². The summed E-state index contributed by atoms with van der Waals surface area (Å²) in [5.41, 5.74) is -0.338. The van der Waals surface area contributed by atoms with Crippen LogP contribution in [-0.4, -0.2) is 46.7 Å². The molecule has 3 atom stereocenters. The lowest BCUT2D eigenvalue weighted by Gasteiger charge is -2.25. The Hall–Kier alpha value is -0.910. The van der Waals surface area contributed by atoms with Crippen LogP contribution in [-0.2, 0) is 14.3 Å². The minimum Gasteiger partial charge on any atom is -0.466 e. The summed E-state index contributed by atoms with van der Waals surface area (Å²) in [5.74, 6) is -0.333. The van der Waals surface area contributed by atoms with Gasteiger partial charge in [-0.15, -0.1) is 0 Å². The summed E-state index contributed by atoms with van der Waals surface area (Å²) >= 11 is 0. The van der Waals surface area contributed by atoms with E-state index < -0.39 is 11.7 Å². The molecule has 1 fully saturated rings. The first kappa shape index (κ1) is 18.1. The Balaban J connectivity index is 2.32. The average molecular weight is 300 g/mol. The highest BCUT2D eigenvalue weighted by atomic mass is 16.6. The molecular formula is C16H28O5. The van der Waals surface area contributed by atoms with E-state index in [9.17, 15) is 15.0 Å². The van der Waals surface area contributed by atoms with Crippen LogP contribution in [0.3, 0.4) is 0 Å². The summed E-state index contributed by atoms with van der Waals surface area (Å²) < 4.78 is 10.3. The maximum Gasteiger partial charge on any atom is 0.330 e. The molecular weight excluding hydrogens is 272 g/mol. The Morgan fingerprint density at radius 1 is 1.52 bits per heavy atom. The van der Waals surface area contributed by atoms with Crippen LogP contribution in [0.4, 0.5) is 0 Å². The Kier molecular flexibility index (Phi) is 5.96. The molecule has 5 heteroatoms. The topological polar surface area (TPSA) is 79.3 Å². The lowest BCUT2D eigenvalue weighted by atomic mass is 9.91. The Labute approximate surface area is 126 Å². The first-order valence-electron chi connectivity index (χ1n) is 7.42. The Morgan fingerprint density at radius 2 is 2.14 bits per heavy atom. The number of aliphatic hydroxyl groups excluding tert-OH is 1. The van der Waals surface area contributed by atoms with Crippen molar-refractivity contribution >= 4 is 5.97 Å². The third-order valence-corrected chi connectivity index (χ3v) is 4.13. The number of hydrogen-bond donors (Lipinski definition) is 2. The fraction of sp³-hybridized carbons (Fsp3) is 0.812. The number of ether oxygens (including phenoxy) is 2. The molecule has 0 amide bonds. The molecule has 1 aliphatic heterocycles. The molecule has 0 aliphatic carbocycles. The highest BCUT2D eigenvalue weighted by molar-refractivity contribution is 5.82. The van der Waals surface area contributed by atoms with Crippen LogP contribution in [0.1, 0.15) is 53.4 Å². The molecule has 0 saturated carbocycles. The van der Waals surface area contributed by atoms with Crippen molar-refractivity contribution in [1.82, 2.24) is 0 Å². The second kappa shape index (κ2) is 6.90. The number of carbonyl (C=O) groups is 1. The van der Waals surface area contributed by atoms with E-state index in [0.717, 1.165) is 18.4 Å². The van der Waals surface area contributed by atoms with E-state index in [1.54, 1.807) is 13.8 Å². The molecule has 0 unspecified atom stereocenters. The Bertz CT molecular complexity index is 396. The number of rotatable bonds is 8. The van der Waals surface area contributed by atoms with Gasteiger partial charge < -0.3 is 19.7 Å². The summed E-state index contributed by atoms with van der Waals surface area (Å²) in [6.07, 6.45) is 3.73. The van der Waals surface area contributed by atoms with Gasteiger partial charge in [0.25, 0.3) is 0 Å². The van der Waals surface area contributed by atoms with Crippen molar-refractivity contribution in [3.8, 4) is 0 Å². The van der Waals surface area contributed by atoms with Gasteiger partial charge in [-0.05, 0) is 53.4 Å². The van der Waals surface area contributed by atoms with E-state index in [-0.39, 0.29) is 17.7 Å². The summed E-state index contributed by atoms with van der Waals surface area (Å²) in [7, 11) is 1.36. The first-order chi connectivity index (χ1) is 9.58. The molecule has 0 spiro atoms. The van der Waals surface area contributed by atoms with Gasteiger partial charge >= 0.3 is 5.97 Å². The molecule has 1 heterocycles. The molecule has 21 heavy (non-hydrogen) atoms. The minimum absolute atomic E-state index is 0.146. The number of hydrogen-bond acceptors (Lipinski definition) is 5. The summed E-state index contributed by atoms with van der Waals surface area (Å²) in [6, 6.07) is 0. The van der Waals surface area contributed by atoms with Crippen molar-refractivity contribution in [2.45, 2.75) is 76.8 Å². The number of aliphatic hydroxyl groups is 2. The summed E-state index contributed by atoms with van der Waals surface area (Å²) in [5, 5.41) is 19.6. The summed E-state index contributed by atoms with van der Waals surface area (Å²) in [6.45, 7) is 7.13. The monoisotopic (exact) mass is 300 g/mol. The third-order valence-electron chi connectivity index (χ3n) is 4.13. The van der Waals surface area contributed by atoms with Gasteiger partial charge in [-0.25, -0.2) is 4.79 Å². The van der Waals surface area contributed by atoms with E-state index in [1.165, 1.54) is 13.2 Å². The molecule has 1 saturated heterocycles. The maximum atomic E-state index is 11.1. The van der Waals surface area contributed by atoms with Crippen molar-refractivity contribution in [3.05, 3.63) is 11.6 Å². The minimum atomic E-state index is -1.08. The molecule has 1 rings (SSSR count). The number of epoxide rings is 1. The van der Waals surface area contributed by atoms with Crippen molar-refractivity contribution in [2.24, 2.45) is 0 Å². The van der Waals surface area contributed by atoms with Gasteiger partial charge in [0, 0.05) is 6.08 Å². The molecule has 0 aromatic rings. The zero-order chi connectivity index (χ0) is 16.3. The average Bonchev–Trinajstić information content (AvgIpc) is 3.03. The van der Waals surface area contributed by atoms with Crippen molar-refractivity contribution in [1.29, 1.82) is 0 Å². The van der Waals surface area contributed by atoms with E-state index >= 15 is 0 Å². The lowest BCUT2D eigenvalue weighted by Crippen LogP contribution is -2.36. The van der Waals surface area contributed by atoms with E-state index in [2.05, 4.69) is 4.74 Å². The fourth-order valence-corrected chi connectivity index (χ4v) is 2.34. The second-order valence-corrected chi connectivity index (χ2v) is 6.68. The molecule has 0 aromatic heterocycles. The number of esters is 1. The Morgan fingerprint density at radius 3 is 2.67 bits per heavy atom. The van der Waals surface area contributed by atoms with Crippen molar-refractivity contribution < 1.29 is 24.5 Å². The normalized spacial score (nSPS) is 27.4. The number of carbonyl (C=O) groups excluding carboxylic acids is 1. The first-order valence-corrected chi connectivity index (χ1v) is 7.42. The maximum absolute atomic E-state index is 11.1. The highest BCUT2D eigenvalue weighted by Gasteiger charge is 2.51. The van der Waals surface area contributed by atoms with Crippen molar-refractivity contribution in [3.63, 3.8) is 0 Å². The van der Waals surface area contributed by atoms with Crippen LogP contribution >= 0.6 is 0 Å². The molecule has 0 bridgehead atoms. The number of methoxy groups -OCH3 is 1. The van der Waals surface area contributed by atoms with Crippen LogP contribution < -0.4 is 0 Å². The summed E-state index contributed by atoms with van der Waals surface area (Å²) in [4.78, 5) is 11.1. The smallest absolute Gasteiger partial charge is 0.330 e. The molecule has 0 radical (unpaired) electrons. The van der Waals surface area contributed by atoms with Crippen LogP contribution in [0.2, 0.25) is 0 Å². The van der Waals surface area contributed by atoms with Gasteiger partial charge in [0.15, 0.2) is 0 Å². The predicted octanol–water partition coefficient (Wildman–Crippen LogP) is 1.96. The van der Waals surface area contributed by atoms with Crippen LogP contribution in [0.5, 0.6) is 0 Å². The molecule has 122 valence electrons. The van der Waals surface area contributed by atoms with Gasteiger partial charge in [0.05, 0.1) is 30.5 Å².